The maximum atomic E-state index is 4.61. The van der Waals surface area contributed by atoms with Gasteiger partial charge in [-0.25, -0.2) is 4.98 Å². The molecule has 1 heterocycles. The van der Waals surface area contributed by atoms with Crippen molar-refractivity contribution in [2.75, 3.05) is 18.0 Å². The molecule has 102 valence electrons. The van der Waals surface area contributed by atoms with Gasteiger partial charge in [0.2, 0.25) is 0 Å². The average Bonchev–Trinajstić information content (AvgIpc) is 2.38. The summed E-state index contributed by atoms with van der Waals surface area (Å²) in [6, 6.07) is 2.68. The van der Waals surface area contributed by atoms with Crippen LogP contribution in [0.2, 0.25) is 0 Å². The SMILES string of the molecule is CCNCc1cc(Br)cnc1N(CC)C(C)CC. The van der Waals surface area contributed by atoms with Crippen molar-refractivity contribution in [3.63, 3.8) is 0 Å². The van der Waals surface area contributed by atoms with Gasteiger partial charge in [0.25, 0.3) is 0 Å². The summed E-state index contributed by atoms with van der Waals surface area (Å²) in [4.78, 5) is 6.98. The van der Waals surface area contributed by atoms with Crippen molar-refractivity contribution in [3.8, 4) is 0 Å². The summed E-state index contributed by atoms with van der Waals surface area (Å²) < 4.78 is 1.04. The van der Waals surface area contributed by atoms with Gasteiger partial charge in [0.05, 0.1) is 0 Å². The maximum Gasteiger partial charge on any atom is 0.133 e. The summed E-state index contributed by atoms with van der Waals surface area (Å²) in [7, 11) is 0. The van der Waals surface area contributed by atoms with Crippen molar-refractivity contribution < 1.29 is 0 Å². The number of nitrogens with one attached hydrogen (secondary N) is 1. The molecule has 1 aromatic heterocycles. The van der Waals surface area contributed by atoms with Gasteiger partial charge in [-0.15, -0.1) is 0 Å². The molecule has 0 saturated carbocycles. The summed E-state index contributed by atoms with van der Waals surface area (Å²) in [5.74, 6) is 1.11. The van der Waals surface area contributed by atoms with E-state index in [2.05, 4.69) is 64.9 Å². The molecular formula is C14H24BrN3. The number of halogens is 1. The van der Waals surface area contributed by atoms with Crippen molar-refractivity contribution in [3.05, 3.63) is 22.3 Å². The van der Waals surface area contributed by atoms with Crippen LogP contribution in [0.4, 0.5) is 5.82 Å². The van der Waals surface area contributed by atoms with Gasteiger partial charge in [-0.1, -0.05) is 13.8 Å². The minimum atomic E-state index is 0.518. The quantitative estimate of drug-likeness (QED) is 0.834. The number of aromatic nitrogens is 1. The molecule has 0 aliphatic rings. The molecule has 1 atom stereocenters. The number of hydrogen-bond acceptors (Lipinski definition) is 3. The molecule has 1 unspecified atom stereocenters. The van der Waals surface area contributed by atoms with Crippen LogP contribution in [-0.2, 0) is 6.54 Å². The van der Waals surface area contributed by atoms with Crippen LogP contribution in [0.3, 0.4) is 0 Å². The first-order valence-electron chi connectivity index (χ1n) is 6.75. The van der Waals surface area contributed by atoms with Crippen molar-refractivity contribution in [2.24, 2.45) is 0 Å². The van der Waals surface area contributed by atoms with Gasteiger partial charge in [-0.05, 0) is 48.8 Å². The molecular weight excluding hydrogens is 290 g/mol. The zero-order chi connectivity index (χ0) is 13.5. The highest BCUT2D eigenvalue weighted by atomic mass is 79.9. The summed E-state index contributed by atoms with van der Waals surface area (Å²) in [6.45, 7) is 11.6. The maximum absolute atomic E-state index is 4.61. The minimum absolute atomic E-state index is 0.518. The van der Waals surface area contributed by atoms with E-state index in [9.17, 15) is 0 Å². The van der Waals surface area contributed by atoms with E-state index in [0.717, 1.165) is 36.3 Å². The summed E-state index contributed by atoms with van der Waals surface area (Å²) in [5.41, 5.74) is 1.26. The lowest BCUT2D eigenvalue weighted by Crippen LogP contribution is -2.34. The average molecular weight is 314 g/mol. The smallest absolute Gasteiger partial charge is 0.133 e. The van der Waals surface area contributed by atoms with Crippen LogP contribution in [0.25, 0.3) is 0 Å². The Kier molecular flexibility index (Phi) is 6.65. The Bertz CT molecular complexity index is 368. The molecule has 4 heteroatoms. The summed E-state index contributed by atoms with van der Waals surface area (Å²) >= 11 is 3.50. The third kappa shape index (κ3) is 3.95. The topological polar surface area (TPSA) is 28.2 Å². The fourth-order valence-corrected chi connectivity index (χ4v) is 2.39. The van der Waals surface area contributed by atoms with Gasteiger partial charge in [0.1, 0.15) is 5.82 Å². The minimum Gasteiger partial charge on any atom is -0.354 e. The summed E-state index contributed by atoms with van der Waals surface area (Å²) in [5, 5.41) is 3.38. The van der Waals surface area contributed by atoms with E-state index in [1.165, 1.54) is 5.56 Å². The highest BCUT2D eigenvalue weighted by molar-refractivity contribution is 9.10. The van der Waals surface area contributed by atoms with Gasteiger partial charge >= 0.3 is 0 Å². The van der Waals surface area contributed by atoms with E-state index in [-0.39, 0.29) is 0 Å². The fourth-order valence-electron chi connectivity index (χ4n) is 2.01. The fraction of sp³-hybridized carbons (Fsp3) is 0.643. The lowest BCUT2D eigenvalue weighted by Gasteiger charge is -2.30. The third-order valence-corrected chi connectivity index (χ3v) is 3.64. The molecule has 0 aromatic carbocycles. The molecule has 0 bridgehead atoms. The zero-order valence-electron chi connectivity index (χ0n) is 11.8. The molecule has 0 fully saturated rings. The molecule has 0 aliphatic carbocycles. The molecule has 1 aromatic rings. The van der Waals surface area contributed by atoms with E-state index in [4.69, 9.17) is 0 Å². The van der Waals surface area contributed by atoms with Crippen molar-refractivity contribution in [1.82, 2.24) is 10.3 Å². The van der Waals surface area contributed by atoms with Crippen molar-refractivity contribution in [2.45, 2.75) is 46.7 Å². The Morgan fingerprint density at radius 2 is 2.11 bits per heavy atom. The lowest BCUT2D eigenvalue weighted by molar-refractivity contribution is 0.615. The van der Waals surface area contributed by atoms with Crippen molar-refractivity contribution >= 4 is 21.7 Å². The number of anilines is 1. The Labute approximate surface area is 119 Å². The van der Waals surface area contributed by atoms with Gasteiger partial charge in [-0.3, -0.25) is 0 Å². The first-order valence-corrected chi connectivity index (χ1v) is 7.55. The van der Waals surface area contributed by atoms with Gasteiger partial charge in [0, 0.05) is 35.4 Å². The molecule has 0 amide bonds. The molecule has 0 saturated heterocycles. The predicted molar refractivity (Wildman–Crippen MR) is 82.1 cm³/mol. The standard InChI is InChI=1S/C14H24BrN3/c1-5-11(4)18(7-3)14-12(9-16-6-2)8-13(15)10-17-14/h8,10-11,16H,5-7,9H2,1-4H3. The molecule has 3 nitrogen and oxygen atoms in total. The third-order valence-electron chi connectivity index (χ3n) is 3.21. The second-order valence-electron chi connectivity index (χ2n) is 4.46. The van der Waals surface area contributed by atoms with Crippen molar-refractivity contribution in [1.29, 1.82) is 0 Å². The van der Waals surface area contributed by atoms with Crippen LogP contribution in [0, 0.1) is 0 Å². The Balaban J connectivity index is 3.04. The number of nitrogens with zero attached hydrogens (tertiary/aromatic N) is 2. The largest absolute Gasteiger partial charge is 0.354 e. The van der Waals surface area contributed by atoms with Crippen LogP contribution >= 0.6 is 15.9 Å². The van der Waals surface area contributed by atoms with E-state index >= 15 is 0 Å². The number of pyridine rings is 1. The molecule has 1 rings (SSSR count). The Morgan fingerprint density at radius 1 is 1.39 bits per heavy atom. The van der Waals surface area contributed by atoms with E-state index in [0.29, 0.717) is 6.04 Å². The molecule has 1 N–H and O–H groups in total. The Hall–Kier alpha value is -0.610. The first kappa shape index (κ1) is 15.4. The van der Waals surface area contributed by atoms with Crippen LogP contribution in [0.1, 0.15) is 39.7 Å². The van der Waals surface area contributed by atoms with E-state index in [1.54, 1.807) is 0 Å². The van der Waals surface area contributed by atoms with Gasteiger partial charge in [0.15, 0.2) is 0 Å². The van der Waals surface area contributed by atoms with E-state index < -0.39 is 0 Å². The predicted octanol–water partition coefficient (Wildman–Crippen LogP) is 3.58. The highest BCUT2D eigenvalue weighted by Crippen LogP contribution is 2.24. The van der Waals surface area contributed by atoms with Crippen LogP contribution in [-0.4, -0.2) is 24.1 Å². The second-order valence-corrected chi connectivity index (χ2v) is 5.38. The van der Waals surface area contributed by atoms with Crippen LogP contribution < -0.4 is 10.2 Å². The molecule has 0 aliphatic heterocycles. The monoisotopic (exact) mass is 313 g/mol. The normalized spacial score (nSPS) is 12.5. The molecule has 0 radical (unpaired) electrons. The van der Waals surface area contributed by atoms with Gasteiger partial charge in [-0.2, -0.15) is 0 Å². The lowest BCUT2D eigenvalue weighted by atomic mass is 10.1. The van der Waals surface area contributed by atoms with E-state index in [1.807, 2.05) is 6.20 Å². The number of rotatable bonds is 7. The first-order chi connectivity index (χ1) is 8.63. The van der Waals surface area contributed by atoms with Crippen LogP contribution in [0.15, 0.2) is 16.7 Å². The zero-order valence-corrected chi connectivity index (χ0v) is 13.4. The van der Waals surface area contributed by atoms with Gasteiger partial charge < -0.3 is 10.2 Å². The van der Waals surface area contributed by atoms with Crippen LogP contribution in [0.5, 0.6) is 0 Å². The number of hydrogen-bond donors (Lipinski definition) is 1. The molecule has 0 spiro atoms. The Morgan fingerprint density at radius 3 is 2.67 bits per heavy atom. The molecule has 18 heavy (non-hydrogen) atoms. The highest BCUT2D eigenvalue weighted by Gasteiger charge is 2.16. The second kappa shape index (κ2) is 7.74. The summed E-state index contributed by atoms with van der Waals surface area (Å²) in [6.07, 6.45) is 3.02.